The summed E-state index contributed by atoms with van der Waals surface area (Å²) in [6.07, 6.45) is 4.39. The van der Waals surface area contributed by atoms with Crippen molar-refractivity contribution in [3.05, 3.63) is 11.6 Å². The van der Waals surface area contributed by atoms with Crippen LogP contribution in [0.5, 0.6) is 0 Å². The van der Waals surface area contributed by atoms with E-state index in [9.17, 15) is 15.0 Å². The maximum absolute atomic E-state index is 11.4. The first kappa shape index (κ1) is 12.2. The molecule has 3 nitrogen and oxygen atoms in total. The van der Waals surface area contributed by atoms with Gasteiger partial charge in [0, 0.05) is 5.57 Å². The smallest absolute Gasteiger partial charge is 0.331 e. The van der Waals surface area contributed by atoms with Crippen LogP contribution in [-0.4, -0.2) is 22.3 Å². The van der Waals surface area contributed by atoms with Crippen LogP contribution in [0.1, 0.15) is 40.0 Å². The first-order valence-electron chi connectivity index (χ1n) is 6.91. The average molecular weight is 250 g/mol. The minimum atomic E-state index is -0.784. The van der Waals surface area contributed by atoms with Crippen molar-refractivity contribution in [2.75, 3.05) is 0 Å². The van der Waals surface area contributed by atoms with Crippen molar-refractivity contribution >= 4 is 5.97 Å². The van der Waals surface area contributed by atoms with Gasteiger partial charge in [0.2, 0.25) is 0 Å². The van der Waals surface area contributed by atoms with Crippen molar-refractivity contribution in [3.8, 4) is 0 Å². The molecular formula is C15H22O3. The number of hydrogen-bond acceptors (Lipinski definition) is 2. The van der Waals surface area contributed by atoms with Gasteiger partial charge in [-0.3, -0.25) is 0 Å². The molecule has 3 aliphatic rings. The number of aliphatic hydroxyl groups is 1. The molecule has 2 N–H and O–H groups in total. The summed E-state index contributed by atoms with van der Waals surface area (Å²) in [7, 11) is 0. The molecule has 3 rings (SSSR count). The molecule has 2 fully saturated rings. The fourth-order valence-electron chi connectivity index (χ4n) is 5.22. The van der Waals surface area contributed by atoms with Crippen LogP contribution >= 0.6 is 0 Å². The summed E-state index contributed by atoms with van der Waals surface area (Å²) < 4.78 is 0. The van der Waals surface area contributed by atoms with Gasteiger partial charge >= 0.3 is 5.97 Å². The average Bonchev–Trinajstić information content (AvgIpc) is 2.74. The highest BCUT2D eigenvalue weighted by Gasteiger charge is 2.65. The normalized spacial score (nSPS) is 48.8. The molecule has 0 bridgehead atoms. The predicted octanol–water partition coefficient (Wildman–Crippen LogP) is 2.45. The van der Waals surface area contributed by atoms with Crippen molar-refractivity contribution in [2.45, 2.75) is 46.1 Å². The van der Waals surface area contributed by atoms with Gasteiger partial charge in [0.05, 0.1) is 6.10 Å². The van der Waals surface area contributed by atoms with Gasteiger partial charge in [0.25, 0.3) is 0 Å². The lowest BCUT2D eigenvalue weighted by molar-refractivity contribution is -0.133. The van der Waals surface area contributed by atoms with Crippen molar-refractivity contribution in [1.82, 2.24) is 0 Å². The highest BCUT2D eigenvalue weighted by molar-refractivity contribution is 5.88. The maximum Gasteiger partial charge on any atom is 0.331 e. The Kier molecular flexibility index (Phi) is 2.30. The van der Waals surface area contributed by atoms with Gasteiger partial charge in [-0.25, -0.2) is 4.79 Å². The number of carboxylic acids is 1. The summed E-state index contributed by atoms with van der Waals surface area (Å²) in [5.74, 6) is -0.169. The highest BCUT2D eigenvalue weighted by atomic mass is 16.4. The zero-order valence-corrected chi connectivity index (χ0v) is 11.3. The number of aliphatic hydroxyl groups excluding tert-OH is 1. The fraction of sp³-hybridized carbons (Fsp3) is 0.800. The molecule has 100 valence electrons. The molecule has 3 aliphatic carbocycles. The molecule has 0 aliphatic heterocycles. The van der Waals surface area contributed by atoms with E-state index in [4.69, 9.17) is 0 Å². The topological polar surface area (TPSA) is 57.5 Å². The van der Waals surface area contributed by atoms with Gasteiger partial charge < -0.3 is 10.2 Å². The number of rotatable bonds is 1. The third kappa shape index (κ3) is 1.31. The summed E-state index contributed by atoms with van der Waals surface area (Å²) >= 11 is 0. The molecule has 2 saturated carbocycles. The van der Waals surface area contributed by atoms with E-state index in [0.29, 0.717) is 17.9 Å². The molecule has 0 aromatic carbocycles. The minimum Gasteiger partial charge on any atom is -0.478 e. The number of hydrogen-bond donors (Lipinski definition) is 2. The Labute approximate surface area is 108 Å². The van der Waals surface area contributed by atoms with Crippen LogP contribution in [0.25, 0.3) is 0 Å². The molecule has 0 saturated heterocycles. The van der Waals surface area contributed by atoms with Gasteiger partial charge in [-0.15, -0.1) is 0 Å². The van der Waals surface area contributed by atoms with Gasteiger partial charge in [0.1, 0.15) is 0 Å². The summed E-state index contributed by atoms with van der Waals surface area (Å²) in [5.41, 5.74) is 0.845. The zero-order chi connectivity index (χ0) is 13.3. The lowest BCUT2D eigenvalue weighted by Crippen LogP contribution is -2.34. The SMILES string of the molecule is C[C@@H]1[C@@H](O)C[C@H]2C(C(=O)O)=C[C@H]3CC(C)(C)C[C@]132. The van der Waals surface area contributed by atoms with Crippen molar-refractivity contribution in [1.29, 1.82) is 0 Å². The molecule has 0 aromatic heterocycles. The molecule has 3 heteroatoms. The lowest BCUT2D eigenvalue weighted by Gasteiger charge is -2.36. The van der Waals surface area contributed by atoms with Crippen LogP contribution in [0.4, 0.5) is 0 Å². The second-order valence-electron chi connectivity index (χ2n) is 7.34. The van der Waals surface area contributed by atoms with Crippen LogP contribution in [0, 0.1) is 28.6 Å². The lowest BCUT2D eigenvalue weighted by atomic mass is 9.67. The standard InChI is InChI=1S/C15H22O3/c1-8-12(16)5-11-10(13(17)18)4-9-6-14(2,3)7-15(8,9)11/h4,8-9,11-12,16H,5-7H2,1-3H3,(H,17,18)/t8-,9+,11+,12+,15+/m1/s1. The second-order valence-corrected chi connectivity index (χ2v) is 7.34. The van der Waals surface area contributed by atoms with E-state index in [1.807, 2.05) is 6.08 Å². The van der Waals surface area contributed by atoms with Crippen molar-refractivity contribution < 1.29 is 15.0 Å². The van der Waals surface area contributed by atoms with E-state index in [1.165, 1.54) is 0 Å². The summed E-state index contributed by atoms with van der Waals surface area (Å²) in [6, 6.07) is 0. The largest absolute Gasteiger partial charge is 0.478 e. The Morgan fingerprint density at radius 2 is 2.11 bits per heavy atom. The van der Waals surface area contributed by atoms with Gasteiger partial charge in [0.15, 0.2) is 0 Å². The van der Waals surface area contributed by atoms with Crippen LogP contribution in [0.2, 0.25) is 0 Å². The zero-order valence-electron chi connectivity index (χ0n) is 11.3. The number of carbonyl (C=O) groups is 1. The summed E-state index contributed by atoms with van der Waals surface area (Å²) in [6.45, 7) is 6.64. The molecular weight excluding hydrogens is 228 g/mol. The van der Waals surface area contributed by atoms with E-state index >= 15 is 0 Å². The first-order chi connectivity index (χ1) is 8.28. The maximum atomic E-state index is 11.4. The molecule has 0 heterocycles. The second kappa shape index (κ2) is 3.38. The van der Waals surface area contributed by atoms with Crippen molar-refractivity contribution in [3.63, 3.8) is 0 Å². The molecule has 18 heavy (non-hydrogen) atoms. The molecule has 0 unspecified atom stereocenters. The Balaban J connectivity index is 2.08. The van der Waals surface area contributed by atoms with Gasteiger partial charge in [-0.2, -0.15) is 0 Å². The monoisotopic (exact) mass is 250 g/mol. The van der Waals surface area contributed by atoms with Gasteiger partial charge in [-0.05, 0) is 47.8 Å². The minimum absolute atomic E-state index is 0.0106. The van der Waals surface area contributed by atoms with Crippen LogP contribution in [0.15, 0.2) is 11.6 Å². The molecule has 0 aromatic rings. The Morgan fingerprint density at radius 1 is 1.44 bits per heavy atom. The fourth-order valence-corrected chi connectivity index (χ4v) is 5.22. The Bertz CT molecular complexity index is 437. The summed E-state index contributed by atoms with van der Waals surface area (Å²) in [5, 5.41) is 19.6. The first-order valence-corrected chi connectivity index (χ1v) is 6.91. The van der Waals surface area contributed by atoms with E-state index in [-0.39, 0.29) is 28.8 Å². The number of allylic oxidation sites excluding steroid dienone is 1. The molecule has 1 spiro atoms. The molecule has 0 radical (unpaired) electrons. The third-order valence-electron chi connectivity index (χ3n) is 5.80. The third-order valence-corrected chi connectivity index (χ3v) is 5.80. The van der Waals surface area contributed by atoms with E-state index < -0.39 is 5.97 Å². The van der Waals surface area contributed by atoms with Crippen molar-refractivity contribution in [2.24, 2.45) is 28.6 Å². The van der Waals surface area contributed by atoms with Crippen LogP contribution in [-0.2, 0) is 4.79 Å². The Hall–Kier alpha value is -0.830. The van der Waals surface area contributed by atoms with Crippen LogP contribution in [0.3, 0.4) is 0 Å². The highest BCUT2D eigenvalue weighted by Crippen LogP contribution is 2.70. The van der Waals surface area contributed by atoms with Crippen LogP contribution < -0.4 is 0 Å². The predicted molar refractivity (Wildman–Crippen MR) is 67.9 cm³/mol. The number of carboxylic acid groups (broad SMARTS) is 1. The van der Waals surface area contributed by atoms with E-state index in [1.54, 1.807) is 0 Å². The number of aliphatic carboxylic acids is 1. The van der Waals surface area contributed by atoms with E-state index in [0.717, 1.165) is 12.8 Å². The molecule has 5 atom stereocenters. The quantitative estimate of drug-likeness (QED) is 0.751. The van der Waals surface area contributed by atoms with E-state index in [2.05, 4.69) is 20.8 Å². The Morgan fingerprint density at radius 3 is 2.72 bits per heavy atom. The summed E-state index contributed by atoms with van der Waals surface area (Å²) in [4.78, 5) is 11.4. The molecule has 0 amide bonds. The van der Waals surface area contributed by atoms with Gasteiger partial charge in [-0.1, -0.05) is 26.8 Å².